The van der Waals surface area contributed by atoms with Gasteiger partial charge in [0.2, 0.25) is 0 Å². The van der Waals surface area contributed by atoms with E-state index in [-0.39, 0.29) is 0 Å². The SMILES string of the molecule is C(=C\c1ccccc1)/CN1CCN(c2cccc(Oc3ccccc3)c2)CC1. The standard InChI is InChI=1S/C25H26N2O/c1-3-9-22(10-4-1)11-8-16-26-17-19-27(20-18-26)23-12-7-15-25(21-23)28-24-13-5-2-6-14-24/h1-15,21H,16-20H2/b11-8+. The molecule has 0 unspecified atom stereocenters. The molecule has 0 atom stereocenters. The highest BCUT2D eigenvalue weighted by atomic mass is 16.5. The van der Waals surface area contributed by atoms with Crippen LogP contribution in [0.4, 0.5) is 5.69 Å². The molecule has 1 aliphatic heterocycles. The first-order chi connectivity index (χ1) is 13.9. The van der Waals surface area contributed by atoms with Gasteiger partial charge in [-0.2, -0.15) is 0 Å². The molecule has 3 aromatic carbocycles. The second kappa shape index (κ2) is 9.25. The lowest BCUT2D eigenvalue weighted by atomic mass is 10.2. The molecule has 4 rings (SSSR count). The van der Waals surface area contributed by atoms with Crippen molar-refractivity contribution >= 4 is 11.8 Å². The molecule has 3 nitrogen and oxygen atoms in total. The zero-order chi connectivity index (χ0) is 19.0. The van der Waals surface area contributed by atoms with Gasteiger partial charge in [-0.15, -0.1) is 0 Å². The molecular formula is C25H26N2O. The van der Waals surface area contributed by atoms with Crippen molar-refractivity contribution in [2.24, 2.45) is 0 Å². The van der Waals surface area contributed by atoms with Crippen LogP contribution in [0, 0.1) is 0 Å². The molecule has 3 heteroatoms. The number of rotatable bonds is 6. The molecular weight excluding hydrogens is 344 g/mol. The maximum Gasteiger partial charge on any atom is 0.129 e. The van der Waals surface area contributed by atoms with Gasteiger partial charge in [-0.1, -0.05) is 66.7 Å². The summed E-state index contributed by atoms with van der Waals surface area (Å²) in [4.78, 5) is 4.94. The summed E-state index contributed by atoms with van der Waals surface area (Å²) in [6.45, 7) is 5.22. The van der Waals surface area contributed by atoms with Gasteiger partial charge >= 0.3 is 0 Å². The molecule has 0 radical (unpaired) electrons. The Labute approximate surface area is 167 Å². The summed E-state index contributed by atoms with van der Waals surface area (Å²) in [6.07, 6.45) is 4.47. The molecule has 0 bridgehead atoms. The molecule has 0 saturated carbocycles. The topological polar surface area (TPSA) is 15.7 Å². The zero-order valence-electron chi connectivity index (χ0n) is 16.1. The molecule has 1 fully saturated rings. The van der Waals surface area contributed by atoms with E-state index in [0.717, 1.165) is 44.2 Å². The smallest absolute Gasteiger partial charge is 0.129 e. The van der Waals surface area contributed by atoms with Crippen molar-refractivity contribution in [3.8, 4) is 11.5 Å². The lowest BCUT2D eigenvalue weighted by molar-refractivity contribution is 0.284. The van der Waals surface area contributed by atoms with Gasteiger partial charge in [-0.3, -0.25) is 4.90 Å². The van der Waals surface area contributed by atoms with Crippen molar-refractivity contribution in [1.29, 1.82) is 0 Å². The van der Waals surface area contributed by atoms with Crippen molar-refractivity contribution in [2.75, 3.05) is 37.6 Å². The summed E-state index contributed by atoms with van der Waals surface area (Å²) in [5.74, 6) is 1.76. The molecule has 0 N–H and O–H groups in total. The van der Waals surface area contributed by atoms with E-state index in [4.69, 9.17) is 4.74 Å². The third-order valence-corrected chi connectivity index (χ3v) is 5.01. The third kappa shape index (κ3) is 5.02. The lowest BCUT2D eigenvalue weighted by Crippen LogP contribution is -2.46. The fraction of sp³-hybridized carbons (Fsp3) is 0.200. The van der Waals surface area contributed by atoms with Gasteiger partial charge in [0.15, 0.2) is 0 Å². The summed E-state index contributed by atoms with van der Waals surface area (Å²) < 4.78 is 5.98. The number of ether oxygens (including phenoxy) is 1. The van der Waals surface area contributed by atoms with Gasteiger partial charge in [0.25, 0.3) is 0 Å². The maximum atomic E-state index is 5.98. The average molecular weight is 370 g/mol. The largest absolute Gasteiger partial charge is 0.457 e. The van der Waals surface area contributed by atoms with Crippen molar-refractivity contribution < 1.29 is 4.74 Å². The first-order valence-corrected chi connectivity index (χ1v) is 9.89. The summed E-state index contributed by atoms with van der Waals surface area (Å²) in [6, 6.07) is 28.8. The van der Waals surface area contributed by atoms with Gasteiger partial charge in [0, 0.05) is 44.5 Å². The molecule has 0 aromatic heterocycles. The molecule has 28 heavy (non-hydrogen) atoms. The van der Waals surface area contributed by atoms with Gasteiger partial charge in [-0.05, 0) is 29.8 Å². The predicted molar refractivity (Wildman–Crippen MR) is 117 cm³/mol. The zero-order valence-corrected chi connectivity index (χ0v) is 16.1. The summed E-state index contributed by atoms with van der Waals surface area (Å²) in [7, 11) is 0. The van der Waals surface area contributed by atoms with Crippen LogP contribution in [0.5, 0.6) is 11.5 Å². The Balaban J connectivity index is 1.30. The Kier molecular flexibility index (Phi) is 6.05. The second-order valence-electron chi connectivity index (χ2n) is 7.01. The predicted octanol–water partition coefficient (Wildman–Crippen LogP) is 5.31. The van der Waals surface area contributed by atoms with Crippen LogP contribution in [0.2, 0.25) is 0 Å². The fourth-order valence-electron chi connectivity index (χ4n) is 3.46. The summed E-state index contributed by atoms with van der Waals surface area (Å²) >= 11 is 0. The minimum absolute atomic E-state index is 0.870. The van der Waals surface area contributed by atoms with Gasteiger partial charge in [0.05, 0.1) is 0 Å². The van der Waals surface area contributed by atoms with E-state index in [1.165, 1.54) is 11.3 Å². The van der Waals surface area contributed by atoms with E-state index < -0.39 is 0 Å². The number of para-hydroxylation sites is 1. The first kappa shape index (κ1) is 18.3. The Morgan fingerprint density at radius 1 is 0.714 bits per heavy atom. The minimum Gasteiger partial charge on any atom is -0.457 e. The molecule has 3 aromatic rings. The quantitative estimate of drug-likeness (QED) is 0.584. The fourth-order valence-corrected chi connectivity index (χ4v) is 3.46. The van der Waals surface area contributed by atoms with Crippen LogP contribution in [0.3, 0.4) is 0 Å². The van der Waals surface area contributed by atoms with Crippen LogP contribution in [0.15, 0.2) is 91.0 Å². The number of anilines is 1. The van der Waals surface area contributed by atoms with Crippen LogP contribution in [0.1, 0.15) is 5.56 Å². The number of hydrogen-bond acceptors (Lipinski definition) is 3. The number of piperazine rings is 1. The van der Waals surface area contributed by atoms with Crippen LogP contribution >= 0.6 is 0 Å². The van der Waals surface area contributed by atoms with E-state index in [0.29, 0.717) is 0 Å². The highest BCUT2D eigenvalue weighted by Gasteiger charge is 2.16. The number of nitrogens with zero attached hydrogens (tertiary/aromatic N) is 2. The third-order valence-electron chi connectivity index (χ3n) is 5.01. The molecule has 1 aliphatic rings. The van der Waals surface area contributed by atoms with Crippen LogP contribution < -0.4 is 9.64 Å². The van der Waals surface area contributed by atoms with Crippen LogP contribution in [0.25, 0.3) is 6.08 Å². The first-order valence-electron chi connectivity index (χ1n) is 9.89. The Bertz CT molecular complexity index is 885. The van der Waals surface area contributed by atoms with Crippen LogP contribution in [-0.4, -0.2) is 37.6 Å². The highest BCUT2D eigenvalue weighted by Crippen LogP contribution is 2.26. The minimum atomic E-state index is 0.870. The van der Waals surface area contributed by atoms with Gasteiger partial charge < -0.3 is 9.64 Å². The average Bonchev–Trinajstić information content (AvgIpc) is 2.76. The number of hydrogen-bond donors (Lipinski definition) is 0. The molecule has 142 valence electrons. The van der Waals surface area contributed by atoms with Crippen LogP contribution in [-0.2, 0) is 0 Å². The molecule has 0 spiro atoms. The maximum absolute atomic E-state index is 5.98. The monoisotopic (exact) mass is 370 g/mol. The lowest BCUT2D eigenvalue weighted by Gasteiger charge is -2.35. The van der Waals surface area contributed by atoms with Crippen molar-refractivity contribution in [3.05, 3.63) is 96.6 Å². The molecule has 1 heterocycles. The summed E-state index contributed by atoms with van der Waals surface area (Å²) in [5, 5.41) is 0. The van der Waals surface area contributed by atoms with Crippen molar-refractivity contribution in [3.63, 3.8) is 0 Å². The van der Waals surface area contributed by atoms with E-state index in [9.17, 15) is 0 Å². The van der Waals surface area contributed by atoms with Gasteiger partial charge in [0.1, 0.15) is 11.5 Å². The van der Waals surface area contributed by atoms with Crippen molar-refractivity contribution in [2.45, 2.75) is 0 Å². The Hall–Kier alpha value is -3.04. The van der Waals surface area contributed by atoms with E-state index in [1.54, 1.807) is 0 Å². The van der Waals surface area contributed by atoms with E-state index in [1.807, 2.05) is 36.4 Å². The molecule has 0 amide bonds. The highest BCUT2D eigenvalue weighted by molar-refractivity contribution is 5.52. The summed E-state index contributed by atoms with van der Waals surface area (Å²) in [5.41, 5.74) is 2.49. The van der Waals surface area contributed by atoms with E-state index in [2.05, 4.69) is 70.5 Å². The normalized spacial score (nSPS) is 15.1. The van der Waals surface area contributed by atoms with Gasteiger partial charge in [-0.25, -0.2) is 0 Å². The Morgan fingerprint density at radius 3 is 2.14 bits per heavy atom. The van der Waals surface area contributed by atoms with Crippen molar-refractivity contribution in [1.82, 2.24) is 4.90 Å². The molecule has 1 saturated heterocycles. The number of benzene rings is 3. The second-order valence-corrected chi connectivity index (χ2v) is 7.01. The van der Waals surface area contributed by atoms with E-state index >= 15 is 0 Å². The Morgan fingerprint density at radius 2 is 1.39 bits per heavy atom. The molecule has 0 aliphatic carbocycles.